The fourth-order valence-electron chi connectivity index (χ4n) is 3.41. The number of thioether (sulfide) groups is 1. The second-order valence-corrected chi connectivity index (χ2v) is 8.07. The maximum absolute atomic E-state index is 11.8. The number of esters is 1. The number of carbonyl (C=O) groups is 1. The van der Waals surface area contributed by atoms with Crippen molar-refractivity contribution < 1.29 is 9.53 Å². The van der Waals surface area contributed by atoms with Crippen molar-refractivity contribution in [2.45, 2.75) is 26.3 Å². The molecule has 2 aliphatic rings. The summed E-state index contributed by atoms with van der Waals surface area (Å²) in [4.78, 5) is 19.4. The lowest BCUT2D eigenvalue weighted by molar-refractivity contribution is -0.145. The molecule has 1 atom stereocenters. The van der Waals surface area contributed by atoms with Crippen molar-refractivity contribution in [1.82, 2.24) is 14.7 Å². The van der Waals surface area contributed by atoms with Gasteiger partial charge >= 0.3 is 5.97 Å². The molecule has 2 aliphatic heterocycles. The smallest absolute Gasteiger partial charge is 0.310 e. The normalized spacial score (nSPS) is 25.5. The first kappa shape index (κ1) is 19.0. The van der Waals surface area contributed by atoms with Gasteiger partial charge in [-0.25, -0.2) is 0 Å². The lowest BCUT2D eigenvalue weighted by Gasteiger charge is -2.37. The van der Waals surface area contributed by atoms with Crippen molar-refractivity contribution in [2.75, 3.05) is 71.0 Å². The van der Waals surface area contributed by atoms with Crippen LogP contribution in [0.25, 0.3) is 0 Å². The molecule has 0 bridgehead atoms. The van der Waals surface area contributed by atoms with Crippen molar-refractivity contribution in [2.24, 2.45) is 5.92 Å². The Balaban J connectivity index is 1.66. The van der Waals surface area contributed by atoms with Crippen molar-refractivity contribution in [3.05, 3.63) is 0 Å². The molecular formula is C17H33N3O2S. The van der Waals surface area contributed by atoms with E-state index < -0.39 is 0 Å². The van der Waals surface area contributed by atoms with Gasteiger partial charge in [0.25, 0.3) is 0 Å². The zero-order valence-corrected chi connectivity index (χ0v) is 15.8. The van der Waals surface area contributed by atoms with Crippen LogP contribution in [0.2, 0.25) is 0 Å². The summed E-state index contributed by atoms with van der Waals surface area (Å²) in [5.41, 5.74) is 0. The van der Waals surface area contributed by atoms with Gasteiger partial charge in [0.2, 0.25) is 0 Å². The molecular weight excluding hydrogens is 310 g/mol. The fraction of sp³-hybridized carbons (Fsp3) is 0.941. The monoisotopic (exact) mass is 343 g/mol. The summed E-state index contributed by atoms with van der Waals surface area (Å²) in [5, 5.41) is 0. The molecule has 6 heteroatoms. The standard InChI is InChI=1S/C17H33N3O2S/c1-15(2)20-9-7-18(8-10-20)5-4-6-19-11-12-23-14-16(13-19)17(21)22-3/h15-16H,4-14H2,1-3H3/t16-/m0/s1. The lowest BCUT2D eigenvalue weighted by atomic mass is 10.1. The minimum Gasteiger partial charge on any atom is -0.469 e. The van der Waals surface area contributed by atoms with E-state index in [4.69, 9.17) is 4.74 Å². The van der Waals surface area contributed by atoms with Gasteiger partial charge in [-0.2, -0.15) is 11.8 Å². The Morgan fingerprint density at radius 3 is 2.48 bits per heavy atom. The van der Waals surface area contributed by atoms with Crippen LogP contribution in [0, 0.1) is 5.92 Å². The SMILES string of the molecule is COC(=O)[C@@H]1CSCCN(CCCN2CCN(C(C)C)CC2)C1. The number of methoxy groups -OCH3 is 1. The quantitative estimate of drug-likeness (QED) is 0.676. The number of carbonyl (C=O) groups excluding carboxylic acids is 1. The molecule has 0 aromatic rings. The predicted octanol–water partition coefficient (Wildman–Crippen LogP) is 1.24. The molecule has 2 saturated heterocycles. The Hall–Kier alpha value is -0.300. The Bertz CT molecular complexity index is 360. The molecule has 0 amide bonds. The number of ether oxygens (including phenoxy) is 1. The van der Waals surface area contributed by atoms with Crippen LogP contribution in [0.4, 0.5) is 0 Å². The molecule has 0 aromatic heterocycles. The lowest BCUT2D eigenvalue weighted by Crippen LogP contribution is -2.49. The van der Waals surface area contributed by atoms with Crippen LogP contribution in [0.1, 0.15) is 20.3 Å². The Morgan fingerprint density at radius 2 is 1.83 bits per heavy atom. The minimum atomic E-state index is -0.0470. The molecule has 2 rings (SSSR count). The van der Waals surface area contributed by atoms with E-state index in [0.29, 0.717) is 6.04 Å². The highest BCUT2D eigenvalue weighted by molar-refractivity contribution is 7.99. The van der Waals surface area contributed by atoms with Crippen LogP contribution < -0.4 is 0 Å². The summed E-state index contributed by atoms with van der Waals surface area (Å²) < 4.78 is 4.93. The Labute approximate surface area is 145 Å². The third-order valence-electron chi connectivity index (χ3n) is 4.97. The van der Waals surface area contributed by atoms with E-state index >= 15 is 0 Å². The zero-order valence-electron chi connectivity index (χ0n) is 15.0. The van der Waals surface area contributed by atoms with Crippen molar-refractivity contribution in [1.29, 1.82) is 0 Å². The molecule has 0 saturated carbocycles. The Morgan fingerprint density at radius 1 is 1.13 bits per heavy atom. The molecule has 134 valence electrons. The number of rotatable bonds is 6. The summed E-state index contributed by atoms with van der Waals surface area (Å²) in [6.45, 7) is 13.6. The van der Waals surface area contributed by atoms with E-state index in [2.05, 4.69) is 28.5 Å². The van der Waals surface area contributed by atoms with E-state index in [1.54, 1.807) is 0 Å². The van der Waals surface area contributed by atoms with Crippen LogP contribution in [0.15, 0.2) is 0 Å². The van der Waals surface area contributed by atoms with Gasteiger partial charge in [0.15, 0.2) is 0 Å². The van der Waals surface area contributed by atoms with Crippen LogP contribution in [-0.4, -0.2) is 97.7 Å². The summed E-state index contributed by atoms with van der Waals surface area (Å²) in [6.07, 6.45) is 1.19. The highest BCUT2D eigenvalue weighted by Crippen LogP contribution is 2.17. The highest BCUT2D eigenvalue weighted by atomic mass is 32.2. The van der Waals surface area contributed by atoms with Gasteiger partial charge in [-0.15, -0.1) is 0 Å². The van der Waals surface area contributed by atoms with E-state index in [1.165, 1.54) is 46.3 Å². The zero-order chi connectivity index (χ0) is 16.7. The van der Waals surface area contributed by atoms with Crippen LogP contribution in [0.3, 0.4) is 0 Å². The van der Waals surface area contributed by atoms with E-state index in [0.717, 1.165) is 31.1 Å². The molecule has 0 aromatic carbocycles. The first-order chi connectivity index (χ1) is 11.1. The van der Waals surface area contributed by atoms with Crippen LogP contribution in [-0.2, 0) is 9.53 Å². The van der Waals surface area contributed by atoms with Crippen LogP contribution >= 0.6 is 11.8 Å². The second kappa shape index (κ2) is 9.87. The summed E-state index contributed by atoms with van der Waals surface area (Å²) >= 11 is 1.88. The van der Waals surface area contributed by atoms with Crippen LogP contribution in [0.5, 0.6) is 0 Å². The van der Waals surface area contributed by atoms with Gasteiger partial charge in [0.05, 0.1) is 13.0 Å². The topological polar surface area (TPSA) is 36.0 Å². The first-order valence-corrected chi connectivity index (χ1v) is 10.1. The van der Waals surface area contributed by atoms with Crippen molar-refractivity contribution >= 4 is 17.7 Å². The molecule has 0 radical (unpaired) electrons. The predicted molar refractivity (Wildman–Crippen MR) is 97.0 cm³/mol. The molecule has 23 heavy (non-hydrogen) atoms. The van der Waals surface area contributed by atoms with Gasteiger partial charge in [-0.3, -0.25) is 9.69 Å². The molecule has 2 fully saturated rings. The average Bonchev–Trinajstić information content (AvgIpc) is 2.80. The fourth-order valence-corrected chi connectivity index (χ4v) is 4.49. The molecule has 0 unspecified atom stereocenters. The van der Waals surface area contributed by atoms with E-state index in [-0.39, 0.29) is 11.9 Å². The number of nitrogens with zero attached hydrogens (tertiary/aromatic N) is 3. The van der Waals surface area contributed by atoms with Gasteiger partial charge in [-0.05, 0) is 33.4 Å². The summed E-state index contributed by atoms with van der Waals surface area (Å²) in [6, 6.07) is 0.669. The van der Waals surface area contributed by atoms with Crippen molar-refractivity contribution in [3.63, 3.8) is 0 Å². The van der Waals surface area contributed by atoms with Gasteiger partial charge in [0, 0.05) is 56.8 Å². The van der Waals surface area contributed by atoms with Gasteiger partial charge < -0.3 is 14.5 Å². The van der Waals surface area contributed by atoms with Gasteiger partial charge in [-0.1, -0.05) is 0 Å². The molecule has 2 heterocycles. The molecule has 0 aliphatic carbocycles. The van der Waals surface area contributed by atoms with E-state index in [9.17, 15) is 4.79 Å². The van der Waals surface area contributed by atoms with Gasteiger partial charge in [0.1, 0.15) is 0 Å². The third-order valence-corrected chi connectivity index (χ3v) is 6.08. The summed E-state index contributed by atoms with van der Waals surface area (Å²) in [5.74, 6) is 2.03. The number of hydrogen-bond acceptors (Lipinski definition) is 6. The molecule has 5 nitrogen and oxygen atoms in total. The number of hydrogen-bond donors (Lipinski definition) is 0. The van der Waals surface area contributed by atoms with E-state index in [1.807, 2.05) is 11.8 Å². The van der Waals surface area contributed by atoms with Crippen molar-refractivity contribution in [3.8, 4) is 0 Å². The first-order valence-electron chi connectivity index (χ1n) is 8.94. The molecule has 0 spiro atoms. The Kier molecular flexibility index (Phi) is 8.16. The average molecular weight is 344 g/mol. The third kappa shape index (κ3) is 6.25. The maximum Gasteiger partial charge on any atom is 0.310 e. The second-order valence-electron chi connectivity index (χ2n) is 6.92. The minimum absolute atomic E-state index is 0.0436. The molecule has 0 N–H and O–H groups in total. The largest absolute Gasteiger partial charge is 0.469 e. The summed E-state index contributed by atoms with van der Waals surface area (Å²) in [7, 11) is 1.50. The highest BCUT2D eigenvalue weighted by Gasteiger charge is 2.25. The number of piperazine rings is 1. The maximum atomic E-state index is 11.8.